The van der Waals surface area contributed by atoms with Gasteiger partial charge in [-0.1, -0.05) is 32.9 Å². The van der Waals surface area contributed by atoms with Crippen molar-refractivity contribution in [1.29, 1.82) is 0 Å². The quantitative estimate of drug-likeness (QED) is 0.859. The molecular formula is C20H33N3O2. The standard InChI is InChI=1S/C20H33N3O2/c1-6-18(24)13-22-7-9-23(10-8-22)20(25)21-19-15(4)11-17(14(2)3)12-16(19)5/h11-12,14,18,24H,6-10,13H2,1-5H3,(H,21,25)/t18-/m0/s1. The van der Waals surface area contributed by atoms with Crippen molar-refractivity contribution in [3.05, 3.63) is 28.8 Å². The van der Waals surface area contributed by atoms with Crippen molar-refractivity contribution >= 4 is 11.7 Å². The van der Waals surface area contributed by atoms with Crippen LogP contribution >= 0.6 is 0 Å². The summed E-state index contributed by atoms with van der Waals surface area (Å²) in [5.41, 5.74) is 4.46. The maximum atomic E-state index is 12.6. The number of piperazine rings is 1. The third-order valence-electron chi connectivity index (χ3n) is 5.05. The van der Waals surface area contributed by atoms with Gasteiger partial charge in [-0.3, -0.25) is 4.90 Å². The molecule has 25 heavy (non-hydrogen) atoms. The predicted octanol–water partition coefficient (Wildman–Crippen LogP) is 3.35. The lowest BCUT2D eigenvalue weighted by Gasteiger charge is -2.35. The minimum absolute atomic E-state index is 0.0285. The van der Waals surface area contributed by atoms with Crippen LogP contribution in [0.4, 0.5) is 10.5 Å². The number of aryl methyl sites for hydroxylation is 2. The molecule has 2 rings (SSSR count). The summed E-state index contributed by atoms with van der Waals surface area (Å²) < 4.78 is 0. The fourth-order valence-corrected chi connectivity index (χ4v) is 3.27. The third-order valence-corrected chi connectivity index (χ3v) is 5.05. The molecule has 1 aliphatic rings. The molecule has 0 aliphatic carbocycles. The zero-order valence-corrected chi connectivity index (χ0v) is 16.3. The van der Waals surface area contributed by atoms with Gasteiger partial charge in [0.2, 0.25) is 0 Å². The van der Waals surface area contributed by atoms with E-state index in [1.165, 1.54) is 5.56 Å². The van der Waals surface area contributed by atoms with Crippen molar-refractivity contribution in [3.63, 3.8) is 0 Å². The zero-order valence-electron chi connectivity index (χ0n) is 16.3. The van der Waals surface area contributed by atoms with E-state index in [9.17, 15) is 9.90 Å². The van der Waals surface area contributed by atoms with E-state index < -0.39 is 0 Å². The number of nitrogens with one attached hydrogen (secondary N) is 1. The third kappa shape index (κ3) is 5.19. The van der Waals surface area contributed by atoms with E-state index in [4.69, 9.17) is 0 Å². The second-order valence-electron chi connectivity index (χ2n) is 7.46. The van der Waals surface area contributed by atoms with Gasteiger partial charge < -0.3 is 15.3 Å². The van der Waals surface area contributed by atoms with Crippen LogP contribution in [-0.2, 0) is 0 Å². The van der Waals surface area contributed by atoms with Crippen LogP contribution in [0.2, 0.25) is 0 Å². The summed E-state index contributed by atoms with van der Waals surface area (Å²) in [4.78, 5) is 16.7. The largest absolute Gasteiger partial charge is 0.392 e. The molecule has 0 bridgehead atoms. The van der Waals surface area contributed by atoms with E-state index in [-0.39, 0.29) is 12.1 Å². The van der Waals surface area contributed by atoms with E-state index in [0.717, 1.165) is 36.3 Å². The maximum absolute atomic E-state index is 12.6. The number of benzene rings is 1. The minimum Gasteiger partial charge on any atom is -0.392 e. The summed E-state index contributed by atoms with van der Waals surface area (Å²) in [6, 6.07) is 4.30. The molecule has 1 saturated heterocycles. The number of carbonyl (C=O) groups is 1. The lowest BCUT2D eigenvalue weighted by molar-refractivity contribution is 0.0812. The Kier molecular flexibility index (Phi) is 6.85. The van der Waals surface area contributed by atoms with Crippen molar-refractivity contribution in [2.45, 2.75) is 53.1 Å². The summed E-state index contributed by atoms with van der Waals surface area (Å²) in [6.07, 6.45) is 0.496. The van der Waals surface area contributed by atoms with Crippen LogP contribution in [0.5, 0.6) is 0 Å². The predicted molar refractivity (Wildman–Crippen MR) is 103 cm³/mol. The second kappa shape index (κ2) is 8.68. The van der Waals surface area contributed by atoms with Crippen LogP contribution in [-0.4, -0.2) is 59.8 Å². The van der Waals surface area contributed by atoms with Crippen molar-refractivity contribution in [3.8, 4) is 0 Å². The van der Waals surface area contributed by atoms with Gasteiger partial charge in [-0.25, -0.2) is 4.79 Å². The number of aliphatic hydroxyl groups excluding tert-OH is 1. The molecule has 0 aromatic heterocycles. The number of aliphatic hydroxyl groups is 1. The Hall–Kier alpha value is -1.59. The number of nitrogens with zero attached hydrogens (tertiary/aromatic N) is 2. The molecule has 0 spiro atoms. The van der Waals surface area contributed by atoms with Gasteiger partial charge in [-0.2, -0.15) is 0 Å². The molecule has 0 unspecified atom stereocenters. The van der Waals surface area contributed by atoms with E-state index in [1.807, 2.05) is 11.8 Å². The molecule has 2 amide bonds. The summed E-state index contributed by atoms with van der Waals surface area (Å²) in [7, 11) is 0. The van der Waals surface area contributed by atoms with Crippen LogP contribution < -0.4 is 5.32 Å². The number of carbonyl (C=O) groups excluding carboxylic acids is 1. The first-order valence-electron chi connectivity index (χ1n) is 9.39. The van der Waals surface area contributed by atoms with Gasteiger partial charge in [0.05, 0.1) is 6.10 Å². The highest BCUT2D eigenvalue weighted by Crippen LogP contribution is 2.26. The first-order chi connectivity index (χ1) is 11.8. The first kappa shape index (κ1) is 19.7. The van der Waals surface area contributed by atoms with Gasteiger partial charge in [0.1, 0.15) is 0 Å². The Morgan fingerprint density at radius 2 is 1.72 bits per heavy atom. The highest BCUT2D eigenvalue weighted by Gasteiger charge is 2.23. The van der Waals surface area contributed by atoms with Gasteiger partial charge >= 0.3 is 6.03 Å². The summed E-state index contributed by atoms with van der Waals surface area (Å²) >= 11 is 0. The summed E-state index contributed by atoms with van der Waals surface area (Å²) in [6.45, 7) is 14.2. The Balaban J connectivity index is 1.95. The number of rotatable bonds is 5. The van der Waals surface area contributed by atoms with Crippen LogP contribution in [0.1, 0.15) is 49.8 Å². The van der Waals surface area contributed by atoms with Gasteiger partial charge in [0.15, 0.2) is 0 Å². The lowest BCUT2D eigenvalue weighted by atomic mass is 9.97. The Labute approximate surface area is 152 Å². The molecule has 1 aromatic carbocycles. The molecule has 5 nitrogen and oxygen atoms in total. The molecule has 1 aliphatic heterocycles. The topological polar surface area (TPSA) is 55.8 Å². The highest BCUT2D eigenvalue weighted by atomic mass is 16.3. The van der Waals surface area contributed by atoms with Crippen LogP contribution in [0.15, 0.2) is 12.1 Å². The van der Waals surface area contributed by atoms with Crippen LogP contribution in [0.3, 0.4) is 0 Å². The number of hydrogen-bond acceptors (Lipinski definition) is 3. The van der Waals surface area contributed by atoms with E-state index in [1.54, 1.807) is 0 Å². The Morgan fingerprint density at radius 3 is 2.20 bits per heavy atom. The molecule has 2 N–H and O–H groups in total. The molecule has 1 fully saturated rings. The molecule has 1 aromatic rings. The fourth-order valence-electron chi connectivity index (χ4n) is 3.27. The lowest BCUT2D eigenvalue weighted by Crippen LogP contribution is -2.51. The number of amides is 2. The average molecular weight is 348 g/mol. The zero-order chi connectivity index (χ0) is 18.6. The van der Waals surface area contributed by atoms with E-state index in [2.05, 4.69) is 50.0 Å². The van der Waals surface area contributed by atoms with Crippen molar-refractivity contribution in [2.75, 3.05) is 38.0 Å². The SMILES string of the molecule is CC[C@H](O)CN1CCN(C(=O)Nc2c(C)cc(C(C)C)cc2C)CC1. The van der Waals surface area contributed by atoms with Gasteiger partial charge in [-0.05, 0) is 42.9 Å². The average Bonchev–Trinajstić information content (AvgIpc) is 2.58. The number of anilines is 1. The number of hydrogen-bond donors (Lipinski definition) is 2. The molecule has 1 heterocycles. The number of urea groups is 1. The van der Waals surface area contributed by atoms with Gasteiger partial charge in [-0.15, -0.1) is 0 Å². The van der Waals surface area contributed by atoms with Crippen LogP contribution in [0, 0.1) is 13.8 Å². The summed E-state index contributed by atoms with van der Waals surface area (Å²) in [5.74, 6) is 0.480. The normalized spacial score (nSPS) is 17.0. The summed E-state index contributed by atoms with van der Waals surface area (Å²) in [5, 5.41) is 12.9. The first-order valence-corrected chi connectivity index (χ1v) is 9.39. The number of β-amino-alcohol motifs (C(OH)–C–C–N with tert-alkyl or cyclic N) is 1. The highest BCUT2D eigenvalue weighted by molar-refractivity contribution is 5.91. The fraction of sp³-hybridized carbons (Fsp3) is 0.650. The molecule has 5 heteroatoms. The van der Waals surface area contributed by atoms with E-state index >= 15 is 0 Å². The molecule has 0 saturated carbocycles. The van der Waals surface area contributed by atoms with Crippen molar-refractivity contribution in [1.82, 2.24) is 9.80 Å². The van der Waals surface area contributed by atoms with E-state index in [0.29, 0.717) is 25.6 Å². The second-order valence-corrected chi connectivity index (χ2v) is 7.46. The van der Waals surface area contributed by atoms with Crippen molar-refractivity contribution < 1.29 is 9.90 Å². The smallest absolute Gasteiger partial charge is 0.321 e. The minimum atomic E-state index is -0.273. The monoisotopic (exact) mass is 347 g/mol. The van der Waals surface area contributed by atoms with Crippen LogP contribution in [0.25, 0.3) is 0 Å². The molecule has 140 valence electrons. The molecule has 0 radical (unpaired) electrons. The molecular weight excluding hydrogens is 314 g/mol. The Bertz CT molecular complexity index is 570. The van der Waals surface area contributed by atoms with Gasteiger partial charge in [0.25, 0.3) is 0 Å². The van der Waals surface area contributed by atoms with Crippen molar-refractivity contribution in [2.24, 2.45) is 0 Å². The Morgan fingerprint density at radius 1 is 1.16 bits per heavy atom. The molecule has 1 atom stereocenters. The maximum Gasteiger partial charge on any atom is 0.321 e. The van der Waals surface area contributed by atoms with Gasteiger partial charge in [0, 0.05) is 38.4 Å².